The number of aromatic nitrogens is 3. The molecule has 5 heteroatoms. The highest BCUT2D eigenvalue weighted by Crippen LogP contribution is 2.30. The molecule has 2 atom stereocenters. The van der Waals surface area contributed by atoms with Crippen molar-refractivity contribution in [2.45, 2.75) is 52.2 Å². The van der Waals surface area contributed by atoms with Gasteiger partial charge in [-0.2, -0.15) is 5.10 Å². The quantitative estimate of drug-likeness (QED) is 0.890. The van der Waals surface area contributed by atoms with E-state index in [4.69, 9.17) is 0 Å². The fourth-order valence-corrected chi connectivity index (χ4v) is 2.74. The van der Waals surface area contributed by atoms with Crippen molar-refractivity contribution >= 4 is 0 Å². The summed E-state index contributed by atoms with van der Waals surface area (Å²) in [4.78, 5) is 4.24. The lowest BCUT2D eigenvalue weighted by Gasteiger charge is -2.33. The number of hydrogen-bond donors (Lipinski definition) is 1. The molecule has 0 saturated carbocycles. The van der Waals surface area contributed by atoms with Crippen LogP contribution in [0.1, 0.15) is 39.4 Å². The first-order chi connectivity index (χ1) is 8.99. The molecular weight excluding hydrogens is 243 g/mol. The third-order valence-electron chi connectivity index (χ3n) is 3.89. The number of halogens is 1. The zero-order chi connectivity index (χ0) is 13.9. The van der Waals surface area contributed by atoms with Crippen LogP contribution in [0, 0.1) is 11.8 Å². The summed E-state index contributed by atoms with van der Waals surface area (Å²) in [6.45, 7) is 8.55. The van der Waals surface area contributed by atoms with Crippen LogP contribution in [0.5, 0.6) is 0 Å². The number of hydrogen-bond acceptors (Lipinski definition) is 3. The molecule has 108 valence electrons. The zero-order valence-corrected chi connectivity index (χ0v) is 12.2. The first kappa shape index (κ1) is 14.4. The van der Waals surface area contributed by atoms with Gasteiger partial charge < -0.3 is 5.32 Å². The molecule has 0 radical (unpaired) electrons. The van der Waals surface area contributed by atoms with E-state index in [-0.39, 0.29) is 5.92 Å². The van der Waals surface area contributed by atoms with Gasteiger partial charge in [0.2, 0.25) is 0 Å². The summed E-state index contributed by atoms with van der Waals surface area (Å²) in [7, 11) is 0. The number of nitrogens with zero attached hydrogens (tertiary/aromatic N) is 3. The van der Waals surface area contributed by atoms with E-state index in [2.05, 4.69) is 29.2 Å². The largest absolute Gasteiger partial charge is 0.316 e. The summed E-state index contributed by atoms with van der Waals surface area (Å²) < 4.78 is 16.8. The van der Waals surface area contributed by atoms with Crippen molar-refractivity contribution in [2.24, 2.45) is 11.8 Å². The zero-order valence-electron chi connectivity index (χ0n) is 12.2. The van der Waals surface area contributed by atoms with Crippen molar-refractivity contribution in [3.05, 3.63) is 12.2 Å². The third-order valence-corrected chi connectivity index (χ3v) is 3.89. The second-order valence-electron chi connectivity index (χ2n) is 6.25. The summed E-state index contributed by atoms with van der Waals surface area (Å²) in [6.07, 6.45) is 3.90. The van der Waals surface area contributed by atoms with E-state index >= 15 is 0 Å². The van der Waals surface area contributed by atoms with Crippen molar-refractivity contribution in [3.63, 3.8) is 0 Å². The minimum atomic E-state index is -1.21. The molecule has 1 N–H and O–H groups in total. The van der Waals surface area contributed by atoms with Crippen LogP contribution in [0.25, 0.3) is 0 Å². The Balaban J connectivity index is 2.04. The van der Waals surface area contributed by atoms with Crippen LogP contribution in [0.2, 0.25) is 0 Å². The maximum absolute atomic E-state index is 14.9. The van der Waals surface area contributed by atoms with E-state index in [0.717, 1.165) is 38.3 Å². The standard InChI is InChI=1S/C14H25FN4/c1-11(2)9-19-13(17-10-18-19)7-14(3,15)12-5-4-6-16-8-12/h10-12,16H,4-9H2,1-3H3. The van der Waals surface area contributed by atoms with E-state index in [1.807, 2.05) is 4.68 Å². The molecular formula is C14H25FN4. The van der Waals surface area contributed by atoms with Crippen LogP contribution < -0.4 is 5.32 Å². The van der Waals surface area contributed by atoms with Gasteiger partial charge in [0, 0.05) is 25.4 Å². The van der Waals surface area contributed by atoms with E-state index < -0.39 is 5.67 Å². The number of rotatable bonds is 5. The van der Waals surface area contributed by atoms with E-state index in [1.165, 1.54) is 6.33 Å². The second-order valence-corrected chi connectivity index (χ2v) is 6.25. The molecule has 1 aromatic heterocycles. The molecule has 0 spiro atoms. The van der Waals surface area contributed by atoms with Crippen molar-refractivity contribution < 1.29 is 4.39 Å². The molecule has 19 heavy (non-hydrogen) atoms. The van der Waals surface area contributed by atoms with Crippen LogP contribution in [-0.2, 0) is 13.0 Å². The van der Waals surface area contributed by atoms with Crippen molar-refractivity contribution in [2.75, 3.05) is 13.1 Å². The lowest BCUT2D eigenvalue weighted by atomic mass is 9.82. The van der Waals surface area contributed by atoms with Crippen molar-refractivity contribution in [1.29, 1.82) is 0 Å². The first-order valence-corrected chi connectivity index (χ1v) is 7.25. The van der Waals surface area contributed by atoms with Crippen LogP contribution in [0.3, 0.4) is 0 Å². The minimum absolute atomic E-state index is 0.0745. The van der Waals surface area contributed by atoms with Crippen LogP contribution >= 0.6 is 0 Å². The Hall–Kier alpha value is -0.970. The third kappa shape index (κ3) is 3.75. The topological polar surface area (TPSA) is 42.7 Å². The van der Waals surface area contributed by atoms with Crippen molar-refractivity contribution in [1.82, 2.24) is 20.1 Å². The average molecular weight is 268 g/mol. The summed E-state index contributed by atoms with van der Waals surface area (Å²) in [5.41, 5.74) is -1.21. The van der Waals surface area contributed by atoms with Gasteiger partial charge in [0.25, 0.3) is 0 Å². The Morgan fingerprint density at radius 1 is 1.58 bits per heavy atom. The number of nitrogens with one attached hydrogen (secondary N) is 1. The molecule has 2 rings (SSSR count). The molecule has 0 amide bonds. The van der Waals surface area contributed by atoms with Gasteiger partial charge in [-0.25, -0.2) is 14.1 Å². The van der Waals surface area contributed by atoms with E-state index in [9.17, 15) is 4.39 Å². The van der Waals surface area contributed by atoms with Gasteiger partial charge in [-0.1, -0.05) is 13.8 Å². The molecule has 1 saturated heterocycles. The number of alkyl halides is 1. The highest BCUT2D eigenvalue weighted by Gasteiger charge is 2.36. The summed E-state index contributed by atoms with van der Waals surface area (Å²) in [5.74, 6) is 1.33. The second kappa shape index (κ2) is 5.99. The van der Waals surface area contributed by atoms with Gasteiger partial charge in [-0.05, 0) is 32.2 Å². The Morgan fingerprint density at radius 2 is 2.37 bits per heavy atom. The van der Waals surface area contributed by atoms with E-state index in [1.54, 1.807) is 6.92 Å². The highest BCUT2D eigenvalue weighted by molar-refractivity contribution is 4.97. The smallest absolute Gasteiger partial charge is 0.138 e. The van der Waals surface area contributed by atoms with Gasteiger partial charge in [0.1, 0.15) is 17.8 Å². The normalized spacial score (nSPS) is 23.5. The lowest BCUT2D eigenvalue weighted by molar-refractivity contribution is 0.0797. The fourth-order valence-electron chi connectivity index (χ4n) is 2.74. The van der Waals surface area contributed by atoms with Gasteiger partial charge in [0.05, 0.1) is 0 Å². The number of piperidine rings is 1. The fraction of sp³-hybridized carbons (Fsp3) is 0.857. The predicted molar refractivity (Wildman–Crippen MR) is 73.7 cm³/mol. The van der Waals surface area contributed by atoms with Gasteiger partial charge in [-0.15, -0.1) is 0 Å². The molecule has 2 unspecified atom stereocenters. The monoisotopic (exact) mass is 268 g/mol. The van der Waals surface area contributed by atoms with Gasteiger partial charge >= 0.3 is 0 Å². The SMILES string of the molecule is CC(C)Cn1ncnc1CC(C)(F)C1CCCNC1. The molecule has 1 fully saturated rings. The molecule has 0 bridgehead atoms. The maximum atomic E-state index is 14.9. The highest BCUT2D eigenvalue weighted by atomic mass is 19.1. The van der Waals surface area contributed by atoms with Crippen molar-refractivity contribution in [3.8, 4) is 0 Å². The Kier molecular flexibility index (Phi) is 4.55. The molecule has 1 aliphatic rings. The lowest BCUT2D eigenvalue weighted by Crippen LogP contribution is -2.43. The maximum Gasteiger partial charge on any atom is 0.138 e. The molecule has 2 heterocycles. The molecule has 1 aromatic rings. The molecule has 4 nitrogen and oxygen atoms in total. The average Bonchev–Trinajstić information content (AvgIpc) is 2.76. The molecule has 1 aliphatic heterocycles. The van der Waals surface area contributed by atoms with Crippen LogP contribution in [0.15, 0.2) is 6.33 Å². The van der Waals surface area contributed by atoms with Gasteiger partial charge in [-0.3, -0.25) is 0 Å². The van der Waals surface area contributed by atoms with Crippen LogP contribution in [-0.4, -0.2) is 33.5 Å². The Morgan fingerprint density at radius 3 is 3.00 bits per heavy atom. The first-order valence-electron chi connectivity index (χ1n) is 7.25. The summed E-state index contributed by atoms with van der Waals surface area (Å²) >= 11 is 0. The Labute approximate surface area is 114 Å². The Bertz CT molecular complexity index is 394. The summed E-state index contributed by atoms with van der Waals surface area (Å²) in [6, 6.07) is 0. The summed E-state index contributed by atoms with van der Waals surface area (Å²) in [5, 5.41) is 7.49. The predicted octanol–water partition coefficient (Wildman–Crippen LogP) is 2.20. The molecule has 0 aliphatic carbocycles. The molecule has 0 aromatic carbocycles. The van der Waals surface area contributed by atoms with E-state index in [0.29, 0.717) is 12.3 Å². The van der Waals surface area contributed by atoms with Crippen LogP contribution in [0.4, 0.5) is 4.39 Å². The van der Waals surface area contributed by atoms with Gasteiger partial charge in [0.15, 0.2) is 0 Å². The minimum Gasteiger partial charge on any atom is -0.316 e.